The molecule has 1 rings (SSSR count). The second-order valence-corrected chi connectivity index (χ2v) is 3.60. The molecule has 0 spiro atoms. The van der Waals surface area contributed by atoms with Gasteiger partial charge in [0.25, 0.3) is 5.69 Å². The quantitative estimate of drug-likeness (QED) is 0.440. The molecule has 0 aliphatic rings. The Morgan fingerprint density at radius 2 is 2.11 bits per heavy atom. The highest BCUT2D eigenvalue weighted by Gasteiger charge is 2.11. The minimum Gasteiger partial charge on any atom is -0.496 e. The van der Waals surface area contributed by atoms with Gasteiger partial charge < -0.3 is 9.47 Å². The third-order valence-electron chi connectivity index (χ3n) is 2.32. The van der Waals surface area contributed by atoms with E-state index in [2.05, 4.69) is 0 Å². The van der Waals surface area contributed by atoms with Crippen molar-refractivity contribution in [3.05, 3.63) is 33.9 Å². The summed E-state index contributed by atoms with van der Waals surface area (Å²) in [6.45, 7) is 2.06. The molecule has 6 heteroatoms. The zero-order valence-electron chi connectivity index (χ0n) is 10.3. The maximum absolute atomic E-state index is 11.2. The molecule has 0 atom stereocenters. The normalized spacial score (nSPS) is 9.89. The number of nitro benzene ring substituents is 1. The number of aryl methyl sites for hydroxylation is 1. The molecule has 0 aromatic heterocycles. The highest BCUT2D eigenvalue weighted by Crippen LogP contribution is 2.23. The number of benzene rings is 1. The lowest BCUT2D eigenvalue weighted by molar-refractivity contribution is -0.385. The first-order valence-electron chi connectivity index (χ1n) is 5.54. The van der Waals surface area contributed by atoms with E-state index < -0.39 is 4.92 Å². The lowest BCUT2D eigenvalue weighted by Gasteiger charge is -2.05. The standard InChI is InChI=1S/C12H15NO5/c1-3-18-12(14)5-4-9-6-10(13(15)16)8-11(7-9)17-2/h6-8H,3-5H2,1-2H3. The lowest BCUT2D eigenvalue weighted by Crippen LogP contribution is -2.05. The average Bonchev–Trinajstić information content (AvgIpc) is 2.36. The fourth-order valence-corrected chi connectivity index (χ4v) is 1.49. The van der Waals surface area contributed by atoms with Gasteiger partial charge in [-0.25, -0.2) is 0 Å². The predicted octanol–water partition coefficient (Wildman–Crippen LogP) is 2.10. The van der Waals surface area contributed by atoms with Crippen LogP contribution < -0.4 is 4.74 Å². The Balaban J connectivity index is 2.78. The zero-order valence-corrected chi connectivity index (χ0v) is 10.3. The first-order chi connectivity index (χ1) is 8.56. The molecule has 18 heavy (non-hydrogen) atoms. The van der Waals surface area contributed by atoms with Crippen molar-refractivity contribution in [2.24, 2.45) is 0 Å². The van der Waals surface area contributed by atoms with Gasteiger partial charge in [0.15, 0.2) is 0 Å². The molecule has 0 heterocycles. The summed E-state index contributed by atoms with van der Waals surface area (Å²) >= 11 is 0. The van der Waals surface area contributed by atoms with Crippen LogP contribution in [0.1, 0.15) is 18.9 Å². The zero-order chi connectivity index (χ0) is 13.5. The summed E-state index contributed by atoms with van der Waals surface area (Å²) in [5.41, 5.74) is 0.627. The van der Waals surface area contributed by atoms with Crippen LogP contribution in [0.25, 0.3) is 0 Å². The van der Waals surface area contributed by atoms with Crippen LogP contribution in [-0.4, -0.2) is 24.6 Å². The van der Waals surface area contributed by atoms with Gasteiger partial charge in [0.2, 0.25) is 0 Å². The number of nitrogens with zero attached hydrogens (tertiary/aromatic N) is 1. The van der Waals surface area contributed by atoms with Crippen LogP contribution >= 0.6 is 0 Å². The van der Waals surface area contributed by atoms with Crippen LogP contribution in [0.3, 0.4) is 0 Å². The summed E-state index contributed by atoms with van der Waals surface area (Å²) in [7, 11) is 1.44. The fourth-order valence-electron chi connectivity index (χ4n) is 1.49. The molecule has 98 valence electrons. The second-order valence-electron chi connectivity index (χ2n) is 3.60. The van der Waals surface area contributed by atoms with Crippen LogP contribution in [0.15, 0.2) is 18.2 Å². The van der Waals surface area contributed by atoms with E-state index in [1.807, 2.05) is 0 Å². The van der Waals surface area contributed by atoms with E-state index >= 15 is 0 Å². The summed E-state index contributed by atoms with van der Waals surface area (Å²) in [5, 5.41) is 10.7. The van der Waals surface area contributed by atoms with Crippen LogP contribution in [0.5, 0.6) is 5.75 Å². The molecule has 0 aliphatic carbocycles. The first-order valence-corrected chi connectivity index (χ1v) is 5.54. The first kappa shape index (κ1) is 14.0. The molecule has 1 aromatic rings. The molecule has 0 N–H and O–H groups in total. The van der Waals surface area contributed by atoms with E-state index in [0.717, 1.165) is 0 Å². The van der Waals surface area contributed by atoms with Crippen LogP contribution in [0.2, 0.25) is 0 Å². The minimum absolute atomic E-state index is 0.0480. The van der Waals surface area contributed by atoms with Crippen LogP contribution in [-0.2, 0) is 16.0 Å². The van der Waals surface area contributed by atoms with Gasteiger partial charge >= 0.3 is 5.97 Å². The van der Waals surface area contributed by atoms with E-state index in [0.29, 0.717) is 24.3 Å². The molecule has 0 fully saturated rings. The highest BCUT2D eigenvalue weighted by atomic mass is 16.6. The fraction of sp³-hybridized carbons (Fsp3) is 0.417. The number of carbonyl (C=O) groups is 1. The molecular formula is C12H15NO5. The molecule has 0 saturated heterocycles. The maximum Gasteiger partial charge on any atom is 0.306 e. The summed E-state index contributed by atoms with van der Waals surface area (Å²) in [6, 6.07) is 4.45. The van der Waals surface area contributed by atoms with Crippen molar-refractivity contribution >= 4 is 11.7 Å². The van der Waals surface area contributed by atoms with Crippen molar-refractivity contribution < 1.29 is 19.2 Å². The van der Waals surface area contributed by atoms with Crippen molar-refractivity contribution in [2.75, 3.05) is 13.7 Å². The molecule has 0 unspecified atom stereocenters. The number of ether oxygens (including phenoxy) is 2. The monoisotopic (exact) mass is 253 g/mol. The van der Waals surface area contributed by atoms with E-state index in [1.165, 1.54) is 19.2 Å². The number of carbonyl (C=O) groups excluding carboxylic acids is 1. The van der Waals surface area contributed by atoms with Crippen molar-refractivity contribution in [1.29, 1.82) is 0 Å². The van der Waals surface area contributed by atoms with Gasteiger partial charge in [-0.15, -0.1) is 0 Å². The Labute approximate surface area is 105 Å². The molecule has 0 saturated carbocycles. The van der Waals surface area contributed by atoms with Crippen LogP contribution in [0.4, 0.5) is 5.69 Å². The van der Waals surface area contributed by atoms with Gasteiger partial charge in [-0.2, -0.15) is 0 Å². The Kier molecular flexibility index (Phi) is 5.10. The molecule has 6 nitrogen and oxygen atoms in total. The number of hydrogen-bond acceptors (Lipinski definition) is 5. The Morgan fingerprint density at radius 1 is 1.39 bits per heavy atom. The smallest absolute Gasteiger partial charge is 0.306 e. The lowest BCUT2D eigenvalue weighted by atomic mass is 10.1. The molecule has 1 aromatic carbocycles. The van der Waals surface area contributed by atoms with Crippen molar-refractivity contribution in [1.82, 2.24) is 0 Å². The Hall–Kier alpha value is -2.11. The van der Waals surface area contributed by atoms with E-state index in [9.17, 15) is 14.9 Å². The van der Waals surface area contributed by atoms with E-state index in [1.54, 1.807) is 13.0 Å². The highest BCUT2D eigenvalue weighted by molar-refractivity contribution is 5.69. The minimum atomic E-state index is -0.490. The van der Waals surface area contributed by atoms with Gasteiger partial charge in [0.05, 0.1) is 24.7 Å². The maximum atomic E-state index is 11.2. The van der Waals surface area contributed by atoms with Gasteiger partial charge in [0, 0.05) is 12.5 Å². The number of methoxy groups -OCH3 is 1. The number of rotatable bonds is 6. The molecular weight excluding hydrogens is 238 g/mol. The summed E-state index contributed by atoms with van der Waals surface area (Å²) < 4.78 is 9.77. The van der Waals surface area contributed by atoms with Gasteiger partial charge in [0.1, 0.15) is 5.75 Å². The topological polar surface area (TPSA) is 78.7 Å². The molecule has 0 amide bonds. The second kappa shape index (κ2) is 6.58. The molecule has 0 aliphatic heterocycles. The number of hydrogen-bond donors (Lipinski definition) is 0. The number of esters is 1. The van der Waals surface area contributed by atoms with Crippen LogP contribution in [0, 0.1) is 10.1 Å². The van der Waals surface area contributed by atoms with Crippen molar-refractivity contribution in [3.63, 3.8) is 0 Å². The largest absolute Gasteiger partial charge is 0.496 e. The van der Waals surface area contributed by atoms with Crippen molar-refractivity contribution in [3.8, 4) is 5.75 Å². The SMILES string of the molecule is CCOC(=O)CCc1cc(OC)cc([N+](=O)[O-])c1. The number of non-ortho nitro benzene ring substituents is 1. The Morgan fingerprint density at radius 3 is 2.67 bits per heavy atom. The summed E-state index contributed by atoms with van der Waals surface area (Å²) in [6.07, 6.45) is 0.578. The average molecular weight is 253 g/mol. The van der Waals surface area contributed by atoms with Crippen molar-refractivity contribution in [2.45, 2.75) is 19.8 Å². The van der Waals surface area contributed by atoms with E-state index in [4.69, 9.17) is 9.47 Å². The van der Waals surface area contributed by atoms with Gasteiger partial charge in [-0.3, -0.25) is 14.9 Å². The van der Waals surface area contributed by atoms with E-state index in [-0.39, 0.29) is 18.1 Å². The van der Waals surface area contributed by atoms with Gasteiger partial charge in [-0.1, -0.05) is 0 Å². The Bertz CT molecular complexity index is 444. The summed E-state index contributed by atoms with van der Waals surface area (Å²) in [5.74, 6) is 0.0889. The molecule has 0 bridgehead atoms. The summed E-state index contributed by atoms with van der Waals surface area (Å²) in [4.78, 5) is 21.4. The number of nitro groups is 1. The van der Waals surface area contributed by atoms with Gasteiger partial charge in [-0.05, 0) is 25.0 Å². The predicted molar refractivity (Wildman–Crippen MR) is 64.6 cm³/mol. The third-order valence-corrected chi connectivity index (χ3v) is 2.32. The third kappa shape index (κ3) is 4.04. The molecule has 0 radical (unpaired) electrons.